The summed E-state index contributed by atoms with van der Waals surface area (Å²) in [6, 6.07) is 11.9. The van der Waals surface area contributed by atoms with Crippen molar-refractivity contribution in [2.75, 3.05) is 6.54 Å². The highest BCUT2D eigenvalue weighted by Gasteiger charge is 2.41. The molecule has 2 N–H and O–H groups in total. The summed E-state index contributed by atoms with van der Waals surface area (Å²) in [4.78, 5) is 55.1. The summed E-state index contributed by atoms with van der Waals surface area (Å²) >= 11 is 0. The van der Waals surface area contributed by atoms with Crippen molar-refractivity contribution in [3.8, 4) is 0 Å². The lowest BCUT2D eigenvalue weighted by Crippen LogP contribution is -2.57. The summed E-state index contributed by atoms with van der Waals surface area (Å²) < 4.78 is 19.3. The molecule has 11 heteroatoms. The van der Waals surface area contributed by atoms with Crippen LogP contribution in [0.4, 0.5) is 4.39 Å². The van der Waals surface area contributed by atoms with Crippen LogP contribution in [0.25, 0.3) is 0 Å². The Balaban J connectivity index is 1.48. The van der Waals surface area contributed by atoms with Crippen LogP contribution in [0, 0.1) is 17.7 Å². The van der Waals surface area contributed by atoms with Crippen molar-refractivity contribution >= 4 is 23.5 Å². The third-order valence-electron chi connectivity index (χ3n) is 8.08. The van der Waals surface area contributed by atoms with E-state index in [2.05, 4.69) is 20.8 Å². The molecule has 0 bridgehead atoms. The Hall–Kier alpha value is -4.41. The van der Waals surface area contributed by atoms with Crippen molar-refractivity contribution in [2.24, 2.45) is 11.8 Å². The van der Waals surface area contributed by atoms with Crippen LogP contribution in [0.1, 0.15) is 86.9 Å². The minimum absolute atomic E-state index is 0.172. The largest absolute Gasteiger partial charge is 0.417 e. The highest BCUT2D eigenvalue weighted by atomic mass is 19.1. The zero-order valence-corrected chi connectivity index (χ0v) is 26.0. The average Bonchev–Trinajstić information content (AvgIpc) is 3.69. The van der Waals surface area contributed by atoms with Gasteiger partial charge in [0.15, 0.2) is 0 Å². The molecule has 0 radical (unpaired) electrons. The lowest BCUT2D eigenvalue weighted by molar-refractivity contribution is -0.140. The van der Waals surface area contributed by atoms with Crippen LogP contribution in [-0.2, 0) is 15.0 Å². The molecule has 2 heterocycles. The Morgan fingerprint density at radius 2 is 1.55 bits per heavy atom. The number of ketones is 1. The quantitative estimate of drug-likeness (QED) is 0.311. The van der Waals surface area contributed by atoms with Gasteiger partial charge in [-0.2, -0.15) is 0 Å². The lowest BCUT2D eigenvalue weighted by Gasteiger charge is -2.31. The molecule has 0 spiro atoms. The summed E-state index contributed by atoms with van der Waals surface area (Å²) in [5.41, 5.74) is 0.356. The molecule has 1 aliphatic rings. The molecule has 2 aromatic carbocycles. The van der Waals surface area contributed by atoms with Crippen LogP contribution in [0.3, 0.4) is 0 Å². The molecule has 3 atom stereocenters. The van der Waals surface area contributed by atoms with Gasteiger partial charge in [0.05, 0.1) is 11.5 Å². The Morgan fingerprint density at radius 1 is 0.909 bits per heavy atom. The van der Waals surface area contributed by atoms with Crippen molar-refractivity contribution in [1.82, 2.24) is 25.7 Å². The monoisotopic (exact) mass is 605 g/mol. The molecule has 1 fully saturated rings. The number of nitrogens with zero attached hydrogens (tertiary/aromatic N) is 3. The van der Waals surface area contributed by atoms with Gasteiger partial charge in [0.25, 0.3) is 11.8 Å². The predicted octanol–water partition coefficient (Wildman–Crippen LogP) is 4.30. The van der Waals surface area contributed by atoms with Crippen LogP contribution in [-0.4, -0.2) is 63.3 Å². The number of carbonyl (C=O) groups is 4. The first-order valence-electron chi connectivity index (χ1n) is 14.9. The highest BCUT2D eigenvalue weighted by molar-refractivity contribution is 6.01. The van der Waals surface area contributed by atoms with E-state index in [1.54, 1.807) is 56.3 Å². The van der Waals surface area contributed by atoms with E-state index in [-0.39, 0.29) is 41.2 Å². The molecule has 3 aromatic rings. The van der Waals surface area contributed by atoms with E-state index in [0.29, 0.717) is 24.9 Å². The van der Waals surface area contributed by atoms with Crippen LogP contribution < -0.4 is 10.6 Å². The van der Waals surface area contributed by atoms with Gasteiger partial charge in [0.2, 0.25) is 23.5 Å². The van der Waals surface area contributed by atoms with E-state index in [1.807, 2.05) is 27.7 Å². The van der Waals surface area contributed by atoms with E-state index in [4.69, 9.17) is 4.42 Å². The summed E-state index contributed by atoms with van der Waals surface area (Å²) in [6.45, 7) is 11.2. The molecule has 0 unspecified atom stereocenters. The fourth-order valence-corrected chi connectivity index (χ4v) is 5.29. The molecule has 10 nitrogen and oxygen atoms in total. The SMILES string of the molecule is CC(C)[C@H](NC(=O)c1ccccc1)C(=O)N1CCC[C@H]1C(=O)N[C@@H](C(=O)c1nnc(C(C)(C)c2ccc(F)cc2)o1)C(C)C. The third kappa shape index (κ3) is 7.03. The van der Waals surface area contributed by atoms with E-state index >= 15 is 0 Å². The molecule has 1 saturated heterocycles. The van der Waals surface area contributed by atoms with Gasteiger partial charge in [-0.25, -0.2) is 4.39 Å². The third-order valence-corrected chi connectivity index (χ3v) is 8.08. The van der Waals surface area contributed by atoms with Crippen molar-refractivity contribution in [3.05, 3.63) is 83.3 Å². The smallest absolute Gasteiger partial charge is 0.286 e. The number of Topliss-reactive ketones (excluding diaryl/α,β-unsaturated/α-hetero) is 1. The van der Waals surface area contributed by atoms with Gasteiger partial charge in [-0.05, 0) is 68.4 Å². The number of hydrogen-bond donors (Lipinski definition) is 2. The van der Waals surface area contributed by atoms with Gasteiger partial charge < -0.3 is 20.0 Å². The molecular formula is C33H40FN5O5. The fourth-order valence-electron chi connectivity index (χ4n) is 5.29. The minimum Gasteiger partial charge on any atom is -0.417 e. The summed E-state index contributed by atoms with van der Waals surface area (Å²) in [7, 11) is 0. The molecule has 1 aliphatic heterocycles. The molecule has 0 aliphatic carbocycles. The summed E-state index contributed by atoms with van der Waals surface area (Å²) in [5, 5.41) is 13.7. The molecule has 234 valence electrons. The Bertz CT molecular complexity index is 1490. The molecule has 44 heavy (non-hydrogen) atoms. The highest BCUT2D eigenvalue weighted by Crippen LogP contribution is 2.31. The zero-order chi connectivity index (χ0) is 32.2. The molecule has 0 saturated carbocycles. The van der Waals surface area contributed by atoms with E-state index in [1.165, 1.54) is 17.0 Å². The van der Waals surface area contributed by atoms with Crippen LogP contribution >= 0.6 is 0 Å². The van der Waals surface area contributed by atoms with E-state index in [0.717, 1.165) is 5.56 Å². The zero-order valence-electron chi connectivity index (χ0n) is 26.0. The topological polar surface area (TPSA) is 134 Å². The van der Waals surface area contributed by atoms with Crippen LogP contribution in [0.5, 0.6) is 0 Å². The van der Waals surface area contributed by atoms with E-state index < -0.39 is 35.2 Å². The van der Waals surface area contributed by atoms with Crippen molar-refractivity contribution in [1.29, 1.82) is 0 Å². The average molecular weight is 606 g/mol. The number of halogens is 1. The molecule has 4 rings (SSSR count). The molecular weight excluding hydrogens is 565 g/mol. The number of aromatic nitrogens is 2. The standard InChI is InChI=1S/C33H40FN5O5/c1-19(2)25(27(40)30-37-38-32(44-30)33(5,6)22-14-16-23(34)17-15-22)35-29(42)24-13-10-18-39(24)31(43)26(20(3)4)36-28(41)21-11-8-7-9-12-21/h7-9,11-12,14-17,19-20,24-26H,10,13,18H2,1-6H3,(H,35,42)(H,36,41)/t24-,25+,26-/m0/s1. The minimum atomic E-state index is -0.985. The first kappa shape index (κ1) is 32.5. The van der Waals surface area contributed by atoms with Gasteiger partial charge in [-0.15, -0.1) is 10.2 Å². The maximum absolute atomic E-state index is 13.7. The summed E-state index contributed by atoms with van der Waals surface area (Å²) in [5.74, 6) is -2.74. The second-order valence-corrected chi connectivity index (χ2v) is 12.4. The second-order valence-electron chi connectivity index (χ2n) is 12.4. The van der Waals surface area contributed by atoms with Gasteiger partial charge in [-0.1, -0.05) is 58.0 Å². The molecule has 3 amide bonds. The Kier molecular flexibility index (Phi) is 9.96. The van der Waals surface area contributed by atoms with Gasteiger partial charge in [0.1, 0.15) is 17.9 Å². The fraction of sp³-hybridized carbons (Fsp3) is 0.455. The maximum atomic E-state index is 13.7. The van der Waals surface area contributed by atoms with Crippen LogP contribution in [0.2, 0.25) is 0 Å². The van der Waals surface area contributed by atoms with Crippen LogP contribution in [0.15, 0.2) is 59.0 Å². The van der Waals surface area contributed by atoms with Crippen molar-refractivity contribution < 1.29 is 28.0 Å². The van der Waals surface area contributed by atoms with Gasteiger partial charge in [0, 0.05) is 12.1 Å². The summed E-state index contributed by atoms with van der Waals surface area (Å²) in [6.07, 6.45) is 1.03. The van der Waals surface area contributed by atoms with Crippen molar-refractivity contribution in [2.45, 2.75) is 77.9 Å². The number of benzene rings is 2. The number of hydrogen-bond acceptors (Lipinski definition) is 7. The molecule has 1 aromatic heterocycles. The van der Waals surface area contributed by atoms with Gasteiger partial charge in [-0.3, -0.25) is 19.2 Å². The Morgan fingerprint density at radius 3 is 2.16 bits per heavy atom. The first-order valence-corrected chi connectivity index (χ1v) is 14.9. The maximum Gasteiger partial charge on any atom is 0.286 e. The Labute approximate surface area is 256 Å². The number of amides is 3. The number of nitrogens with one attached hydrogen (secondary N) is 2. The number of carbonyl (C=O) groups excluding carboxylic acids is 4. The van der Waals surface area contributed by atoms with Gasteiger partial charge >= 0.3 is 0 Å². The van der Waals surface area contributed by atoms with E-state index in [9.17, 15) is 23.6 Å². The number of likely N-dealkylation sites (tertiary alicyclic amines) is 1. The first-order chi connectivity index (χ1) is 20.8. The predicted molar refractivity (Wildman–Crippen MR) is 161 cm³/mol. The normalized spacial score (nSPS) is 16.6. The lowest BCUT2D eigenvalue weighted by atomic mass is 9.84. The second kappa shape index (κ2) is 13.5. The number of rotatable bonds is 11. The van der Waals surface area contributed by atoms with Crippen molar-refractivity contribution in [3.63, 3.8) is 0 Å².